The minimum atomic E-state index is -0.207. The summed E-state index contributed by atoms with van der Waals surface area (Å²) >= 11 is 0. The molecule has 0 aliphatic rings. The third kappa shape index (κ3) is 2.88. The number of nitrogens with zero attached hydrogens (tertiary/aromatic N) is 2. The fourth-order valence-corrected chi connectivity index (χ4v) is 1.81. The number of hydrogen-bond donors (Lipinski definition) is 1. The Hall–Kier alpha value is -2.43. The van der Waals surface area contributed by atoms with Crippen LogP contribution in [0.2, 0.25) is 0 Å². The van der Waals surface area contributed by atoms with Gasteiger partial charge in [-0.2, -0.15) is 5.10 Å². The highest BCUT2D eigenvalue weighted by atomic mass is 16.2. The Labute approximate surface area is 111 Å². The van der Waals surface area contributed by atoms with E-state index in [2.05, 4.69) is 10.4 Å². The molecule has 0 unspecified atom stereocenters. The highest BCUT2D eigenvalue weighted by Crippen LogP contribution is 2.11. The van der Waals surface area contributed by atoms with Crippen molar-refractivity contribution in [2.75, 3.05) is 5.32 Å². The monoisotopic (exact) mass is 257 g/mol. The van der Waals surface area contributed by atoms with Gasteiger partial charge in [-0.1, -0.05) is 0 Å². The number of aryl methyl sites for hydroxylation is 2. The first-order chi connectivity index (χ1) is 9.13. The fourth-order valence-electron chi connectivity index (χ4n) is 1.81. The van der Waals surface area contributed by atoms with E-state index in [1.165, 1.54) is 0 Å². The van der Waals surface area contributed by atoms with E-state index in [1.54, 1.807) is 35.0 Å². The van der Waals surface area contributed by atoms with E-state index < -0.39 is 0 Å². The van der Waals surface area contributed by atoms with Crippen LogP contribution in [0.1, 0.15) is 33.5 Å². The topological polar surface area (TPSA) is 64.0 Å². The van der Waals surface area contributed by atoms with Gasteiger partial charge in [-0.05, 0) is 44.2 Å². The Balaban J connectivity index is 2.17. The maximum Gasteiger partial charge on any atom is 0.273 e. The molecule has 19 heavy (non-hydrogen) atoms. The molecule has 0 aliphatic heterocycles. The Morgan fingerprint density at radius 2 is 2.05 bits per heavy atom. The molecule has 0 saturated carbocycles. The average molecular weight is 257 g/mol. The summed E-state index contributed by atoms with van der Waals surface area (Å²) in [6.45, 7) is 4.42. The minimum absolute atomic E-state index is 0.207. The predicted octanol–water partition coefficient (Wildman–Crippen LogP) is 2.28. The summed E-state index contributed by atoms with van der Waals surface area (Å²) in [6.07, 6.45) is 0.765. The predicted molar refractivity (Wildman–Crippen MR) is 72.4 cm³/mol. The van der Waals surface area contributed by atoms with Gasteiger partial charge >= 0.3 is 0 Å². The lowest BCUT2D eigenvalue weighted by molar-refractivity contribution is 0.101. The first kappa shape index (κ1) is 13.0. The van der Waals surface area contributed by atoms with E-state index in [0.29, 0.717) is 23.5 Å². The minimum Gasteiger partial charge on any atom is -0.321 e. The number of carbonyl (C=O) groups is 2. The smallest absolute Gasteiger partial charge is 0.273 e. The number of anilines is 1. The van der Waals surface area contributed by atoms with Crippen molar-refractivity contribution in [3.8, 4) is 0 Å². The molecule has 98 valence electrons. The first-order valence-electron chi connectivity index (χ1n) is 6.05. The molecule has 1 aromatic heterocycles. The number of hydrogen-bond acceptors (Lipinski definition) is 3. The molecule has 2 aromatic rings. The lowest BCUT2D eigenvalue weighted by Crippen LogP contribution is -2.17. The number of aromatic nitrogens is 2. The van der Waals surface area contributed by atoms with E-state index >= 15 is 0 Å². The summed E-state index contributed by atoms with van der Waals surface area (Å²) in [5.41, 5.74) is 2.56. The van der Waals surface area contributed by atoms with Gasteiger partial charge in [0, 0.05) is 17.8 Å². The number of aldehydes is 1. The third-order valence-electron chi connectivity index (χ3n) is 2.74. The molecule has 0 spiro atoms. The van der Waals surface area contributed by atoms with Crippen molar-refractivity contribution in [2.45, 2.75) is 20.4 Å². The van der Waals surface area contributed by atoms with Crippen molar-refractivity contribution in [1.29, 1.82) is 0 Å². The molecule has 0 aliphatic carbocycles. The Kier molecular flexibility index (Phi) is 3.75. The second-order valence-corrected chi connectivity index (χ2v) is 4.18. The van der Waals surface area contributed by atoms with E-state index in [0.717, 1.165) is 12.0 Å². The van der Waals surface area contributed by atoms with Crippen LogP contribution in [-0.2, 0) is 6.54 Å². The highest BCUT2D eigenvalue weighted by Gasteiger charge is 2.13. The average Bonchev–Trinajstić information content (AvgIpc) is 2.81. The zero-order valence-corrected chi connectivity index (χ0v) is 10.9. The van der Waals surface area contributed by atoms with Gasteiger partial charge in [-0.3, -0.25) is 14.3 Å². The summed E-state index contributed by atoms with van der Waals surface area (Å²) in [7, 11) is 0. The van der Waals surface area contributed by atoms with Gasteiger partial charge < -0.3 is 5.32 Å². The quantitative estimate of drug-likeness (QED) is 0.854. The van der Waals surface area contributed by atoms with E-state index in [9.17, 15) is 9.59 Å². The molecule has 1 N–H and O–H groups in total. The molecule has 5 heteroatoms. The summed E-state index contributed by atoms with van der Waals surface area (Å²) in [6, 6.07) is 8.46. The van der Waals surface area contributed by atoms with Crippen molar-refractivity contribution in [3.05, 3.63) is 47.3 Å². The van der Waals surface area contributed by atoms with Crippen LogP contribution in [0.25, 0.3) is 0 Å². The molecule has 2 rings (SSSR count). The van der Waals surface area contributed by atoms with Crippen LogP contribution in [0.15, 0.2) is 30.3 Å². The van der Waals surface area contributed by atoms with Crippen molar-refractivity contribution in [2.24, 2.45) is 0 Å². The molecule has 1 heterocycles. The van der Waals surface area contributed by atoms with Crippen LogP contribution in [0.4, 0.5) is 5.69 Å². The molecule has 1 aromatic carbocycles. The maximum atomic E-state index is 12.1. The molecular formula is C14H15N3O2. The maximum absolute atomic E-state index is 12.1. The van der Waals surface area contributed by atoms with Gasteiger partial charge in [0.1, 0.15) is 12.0 Å². The fraction of sp³-hybridized carbons (Fsp3) is 0.214. The Bertz CT molecular complexity index is 600. The van der Waals surface area contributed by atoms with Crippen LogP contribution in [-0.4, -0.2) is 22.0 Å². The molecule has 0 saturated heterocycles. The summed E-state index contributed by atoms with van der Waals surface area (Å²) in [5.74, 6) is -0.207. The highest BCUT2D eigenvalue weighted by molar-refractivity contribution is 6.03. The number of nitrogens with one attached hydrogen (secondary N) is 1. The molecule has 0 fully saturated rings. The normalized spacial score (nSPS) is 10.2. The van der Waals surface area contributed by atoms with E-state index in [-0.39, 0.29) is 5.91 Å². The lowest BCUT2D eigenvalue weighted by Gasteiger charge is -2.06. The van der Waals surface area contributed by atoms with Crippen LogP contribution >= 0.6 is 0 Å². The number of rotatable bonds is 4. The van der Waals surface area contributed by atoms with Crippen LogP contribution in [0, 0.1) is 6.92 Å². The Morgan fingerprint density at radius 1 is 1.37 bits per heavy atom. The zero-order valence-electron chi connectivity index (χ0n) is 10.9. The molecule has 0 radical (unpaired) electrons. The lowest BCUT2D eigenvalue weighted by atomic mass is 10.2. The first-order valence-corrected chi connectivity index (χ1v) is 6.05. The van der Waals surface area contributed by atoms with Gasteiger partial charge in [0.2, 0.25) is 0 Å². The van der Waals surface area contributed by atoms with E-state index in [1.807, 2.05) is 13.8 Å². The molecule has 0 atom stereocenters. The molecular weight excluding hydrogens is 242 g/mol. The number of amides is 1. The summed E-state index contributed by atoms with van der Waals surface area (Å²) < 4.78 is 1.66. The van der Waals surface area contributed by atoms with Crippen molar-refractivity contribution in [1.82, 2.24) is 9.78 Å². The third-order valence-corrected chi connectivity index (χ3v) is 2.74. The van der Waals surface area contributed by atoms with Crippen molar-refractivity contribution >= 4 is 17.9 Å². The second-order valence-electron chi connectivity index (χ2n) is 4.18. The van der Waals surface area contributed by atoms with Gasteiger partial charge in [0.25, 0.3) is 5.91 Å². The standard InChI is InChI=1S/C14H15N3O2/c1-3-17-13(8-10(2)16-17)14(19)15-12-6-4-11(9-18)5-7-12/h4-9H,3H2,1-2H3,(H,15,19). The van der Waals surface area contributed by atoms with Crippen LogP contribution in [0.3, 0.4) is 0 Å². The van der Waals surface area contributed by atoms with Crippen LogP contribution < -0.4 is 5.32 Å². The van der Waals surface area contributed by atoms with E-state index in [4.69, 9.17) is 0 Å². The van der Waals surface area contributed by atoms with Crippen molar-refractivity contribution < 1.29 is 9.59 Å². The number of carbonyl (C=O) groups excluding carboxylic acids is 2. The summed E-state index contributed by atoms with van der Waals surface area (Å²) in [5, 5.41) is 7.01. The zero-order chi connectivity index (χ0) is 13.8. The summed E-state index contributed by atoms with van der Waals surface area (Å²) in [4.78, 5) is 22.7. The Morgan fingerprint density at radius 3 is 2.63 bits per heavy atom. The van der Waals surface area contributed by atoms with Crippen molar-refractivity contribution in [3.63, 3.8) is 0 Å². The molecule has 0 bridgehead atoms. The van der Waals surface area contributed by atoms with Gasteiger partial charge in [-0.15, -0.1) is 0 Å². The SMILES string of the molecule is CCn1nc(C)cc1C(=O)Nc1ccc(C=O)cc1. The largest absolute Gasteiger partial charge is 0.321 e. The van der Waals surface area contributed by atoms with Crippen LogP contribution in [0.5, 0.6) is 0 Å². The second kappa shape index (κ2) is 5.48. The van der Waals surface area contributed by atoms with Gasteiger partial charge in [-0.25, -0.2) is 0 Å². The molecule has 5 nitrogen and oxygen atoms in total. The van der Waals surface area contributed by atoms with Gasteiger partial charge in [0.15, 0.2) is 0 Å². The molecule has 1 amide bonds. The number of benzene rings is 1. The van der Waals surface area contributed by atoms with Gasteiger partial charge in [0.05, 0.1) is 5.69 Å².